The van der Waals surface area contributed by atoms with Gasteiger partial charge in [-0.15, -0.1) is 0 Å². The standard InChI is InChI=1S/C32H60O11.C31H58O11/c1-2-38-22-24-29-27(36)28(37)31(42-24)43-30-26(35)25(34)23(21-33)41-32(30)40-20-18-16-14-12-10-8-6-4-3-5-7-9-11-13-15-17-19-39-29;1-21-15-11-9-7-5-3-2-4-6-8-10-13-18-39-31-29(25(35)24(34)22(19-32)40-31)42-30-27(37)26(36)28(23(20-33)41-30)38-17-14-12-16-21/h23-37H,2-22H2,1H3;21-37H,2-20H2,1H3. The molecule has 0 aromatic heterocycles. The number of rotatable bonds is 6. The summed E-state index contributed by atoms with van der Waals surface area (Å²) in [4.78, 5) is 0. The largest absolute Gasteiger partial charge is 0.394 e. The molecular weight excluding hydrogens is 1110 g/mol. The summed E-state index contributed by atoms with van der Waals surface area (Å²) in [5, 5.41) is 116. The van der Waals surface area contributed by atoms with Crippen molar-refractivity contribution in [2.45, 2.75) is 336 Å². The van der Waals surface area contributed by atoms with E-state index in [1.54, 1.807) is 0 Å². The van der Waals surface area contributed by atoms with Gasteiger partial charge < -0.3 is 108 Å². The van der Waals surface area contributed by atoms with Gasteiger partial charge in [0.15, 0.2) is 25.2 Å². The Balaban J connectivity index is 0.000000311. The molecule has 22 nitrogen and oxygen atoms in total. The van der Waals surface area contributed by atoms with Crippen LogP contribution < -0.4 is 0 Å². The van der Waals surface area contributed by atoms with Gasteiger partial charge in [0, 0.05) is 33.0 Å². The van der Waals surface area contributed by atoms with Crippen molar-refractivity contribution in [3.63, 3.8) is 0 Å². The third kappa shape index (κ3) is 26.0. The van der Waals surface area contributed by atoms with Crippen molar-refractivity contribution < 1.29 is 108 Å². The van der Waals surface area contributed by atoms with Crippen LogP contribution in [0.3, 0.4) is 0 Å². The number of fused-ring (bicyclic) bond motifs is 42. The summed E-state index contributed by atoms with van der Waals surface area (Å²) in [6.07, 6.45) is 10.8. The first-order valence-corrected chi connectivity index (χ1v) is 33.6. The van der Waals surface area contributed by atoms with Crippen LogP contribution in [0.5, 0.6) is 0 Å². The number of aliphatic hydroxyl groups excluding tert-OH is 11. The van der Waals surface area contributed by atoms with E-state index in [-0.39, 0.29) is 6.61 Å². The predicted molar refractivity (Wildman–Crippen MR) is 314 cm³/mol. The van der Waals surface area contributed by atoms with E-state index < -0.39 is 143 Å². The second-order valence-corrected chi connectivity index (χ2v) is 24.9. The number of ether oxygens (including phenoxy) is 11. The predicted octanol–water partition coefficient (Wildman–Crippen LogP) is 5.10. The lowest BCUT2D eigenvalue weighted by Gasteiger charge is -2.46. The highest BCUT2D eigenvalue weighted by Gasteiger charge is 2.53. The van der Waals surface area contributed by atoms with E-state index >= 15 is 0 Å². The second kappa shape index (κ2) is 43.8. The van der Waals surface area contributed by atoms with Gasteiger partial charge >= 0.3 is 0 Å². The van der Waals surface area contributed by atoms with E-state index in [1.807, 2.05) is 6.92 Å². The van der Waals surface area contributed by atoms with E-state index in [4.69, 9.17) is 52.1 Å². The lowest BCUT2D eigenvalue weighted by atomic mass is 9.96. The Labute approximate surface area is 507 Å². The molecule has 0 aliphatic carbocycles. The maximum absolute atomic E-state index is 11.1. The fourth-order valence-corrected chi connectivity index (χ4v) is 12.4. The molecule has 21 unspecified atom stereocenters. The van der Waals surface area contributed by atoms with Gasteiger partial charge in [0.1, 0.15) is 97.7 Å². The minimum absolute atomic E-state index is 0.115. The molecule has 0 amide bonds. The number of aliphatic hydroxyl groups is 11. The molecule has 21 atom stereocenters. The van der Waals surface area contributed by atoms with Crippen LogP contribution in [0, 0.1) is 5.92 Å². The molecule has 0 aromatic rings. The molecule has 502 valence electrons. The van der Waals surface area contributed by atoms with Gasteiger partial charge in [0.05, 0.1) is 26.4 Å². The second-order valence-electron chi connectivity index (χ2n) is 24.9. The summed E-state index contributed by atoms with van der Waals surface area (Å²) >= 11 is 0. The van der Waals surface area contributed by atoms with E-state index in [9.17, 15) is 56.2 Å². The lowest BCUT2D eigenvalue weighted by molar-refractivity contribution is -0.369. The van der Waals surface area contributed by atoms with Crippen molar-refractivity contribution in [3.8, 4) is 0 Å². The molecule has 8 heterocycles. The Morgan fingerprint density at radius 1 is 0.294 bits per heavy atom. The van der Waals surface area contributed by atoms with E-state index in [0.717, 1.165) is 77.0 Å². The molecule has 8 fully saturated rings. The lowest BCUT2D eigenvalue weighted by Crippen LogP contribution is -2.65. The minimum Gasteiger partial charge on any atom is -0.394 e. The van der Waals surface area contributed by atoms with Crippen molar-refractivity contribution >= 4 is 0 Å². The highest BCUT2D eigenvalue weighted by molar-refractivity contribution is 4.96. The molecule has 85 heavy (non-hydrogen) atoms. The van der Waals surface area contributed by atoms with Crippen LogP contribution in [-0.2, 0) is 52.1 Å². The molecule has 8 saturated heterocycles. The quantitative estimate of drug-likeness (QED) is 0.165. The molecule has 22 heteroatoms. The highest BCUT2D eigenvalue weighted by Crippen LogP contribution is 2.34. The van der Waals surface area contributed by atoms with Crippen LogP contribution in [0.25, 0.3) is 0 Å². The normalized spacial score (nSPS) is 40.7. The average Bonchev–Trinajstić information content (AvgIpc) is 3.66. The van der Waals surface area contributed by atoms with Crippen LogP contribution in [-0.4, -0.2) is 238 Å². The van der Waals surface area contributed by atoms with Crippen LogP contribution >= 0.6 is 0 Å². The number of hydrogen-bond donors (Lipinski definition) is 11. The van der Waals surface area contributed by atoms with Crippen molar-refractivity contribution in [2.75, 3.05) is 59.5 Å². The van der Waals surface area contributed by atoms with Gasteiger partial charge in [0.25, 0.3) is 0 Å². The Morgan fingerprint density at radius 3 is 0.941 bits per heavy atom. The van der Waals surface area contributed by atoms with Crippen LogP contribution in [0.2, 0.25) is 0 Å². The summed E-state index contributed by atoms with van der Waals surface area (Å²) in [5.41, 5.74) is 0. The van der Waals surface area contributed by atoms with E-state index in [0.29, 0.717) is 39.0 Å². The molecule has 0 saturated carbocycles. The zero-order valence-corrected chi connectivity index (χ0v) is 51.8. The van der Waals surface area contributed by atoms with Gasteiger partial charge in [0.2, 0.25) is 0 Å². The SMILES string of the molecule is CC1CCCCCCCCCCCCCOC2OC(CO)C(O)C(O)C2OC2OC(CO)C(OCCCC1)C(O)C2O.CCOCC1OC2OC3C(OCCCCCCCCCCCCCCCCCCOC1C(O)C2O)OC(CO)C(O)C3O. The van der Waals surface area contributed by atoms with E-state index in [1.165, 1.54) is 122 Å². The Kier molecular flexibility index (Phi) is 38.6. The summed E-state index contributed by atoms with van der Waals surface area (Å²) in [7, 11) is 0. The average molecular weight is 1230 g/mol. The summed E-state index contributed by atoms with van der Waals surface area (Å²) in [5.74, 6) is 0.652. The van der Waals surface area contributed by atoms with Crippen molar-refractivity contribution in [2.24, 2.45) is 5.92 Å². The minimum atomic E-state index is -1.55. The molecule has 0 spiro atoms. The van der Waals surface area contributed by atoms with Gasteiger partial charge in [-0.25, -0.2) is 0 Å². The molecule has 0 aromatic carbocycles. The first-order chi connectivity index (χ1) is 41.3. The van der Waals surface area contributed by atoms with Crippen LogP contribution in [0.4, 0.5) is 0 Å². The summed E-state index contributed by atoms with van der Waals surface area (Å²) in [6, 6.07) is 0. The zero-order chi connectivity index (χ0) is 61.2. The van der Waals surface area contributed by atoms with Crippen LogP contribution in [0.1, 0.15) is 213 Å². The molecule has 8 aliphatic rings. The van der Waals surface area contributed by atoms with Gasteiger partial charge in [-0.05, 0) is 38.5 Å². The zero-order valence-electron chi connectivity index (χ0n) is 51.8. The van der Waals surface area contributed by atoms with Crippen molar-refractivity contribution in [1.29, 1.82) is 0 Å². The highest BCUT2D eigenvalue weighted by atomic mass is 16.8. The molecule has 0 radical (unpaired) electrons. The summed E-state index contributed by atoms with van der Waals surface area (Å²) < 4.78 is 64.5. The Bertz CT molecular complexity index is 1630. The topological polar surface area (TPSA) is 324 Å². The molecule has 8 rings (SSSR count). The molecule has 8 aliphatic heterocycles. The van der Waals surface area contributed by atoms with E-state index in [2.05, 4.69) is 6.92 Å². The molecule has 11 N–H and O–H groups in total. The third-order valence-corrected chi connectivity index (χ3v) is 17.8. The number of hydrogen-bond acceptors (Lipinski definition) is 22. The monoisotopic (exact) mass is 1230 g/mol. The summed E-state index contributed by atoms with van der Waals surface area (Å²) in [6.45, 7) is 4.59. The maximum Gasteiger partial charge on any atom is 0.187 e. The molecule has 4 bridgehead atoms. The maximum atomic E-state index is 11.1. The van der Waals surface area contributed by atoms with Gasteiger partial charge in [-0.2, -0.15) is 0 Å². The van der Waals surface area contributed by atoms with Gasteiger partial charge in [-0.3, -0.25) is 0 Å². The fourth-order valence-electron chi connectivity index (χ4n) is 12.4. The van der Waals surface area contributed by atoms with Gasteiger partial charge in [-0.1, -0.05) is 180 Å². The van der Waals surface area contributed by atoms with Crippen LogP contribution in [0.15, 0.2) is 0 Å². The van der Waals surface area contributed by atoms with Crippen molar-refractivity contribution in [3.05, 3.63) is 0 Å². The molecular formula is C63H118O22. The smallest absolute Gasteiger partial charge is 0.187 e. The Hall–Kier alpha value is -0.880. The fraction of sp³-hybridized carbons (Fsp3) is 1.00. The Morgan fingerprint density at radius 2 is 0.576 bits per heavy atom. The van der Waals surface area contributed by atoms with Crippen molar-refractivity contribution in [1.82, 2.24) is 0 Å². The first kappa shape index (κ1) is 74.8. The first-order valence-electron chi connectivity index (χ1n) is 33.6. The third-order valence-electron chi connectivity index (χ3n) is 17.8.